The molecule has 1 unspecified atom stereocenters. The molecular formula is C14H17ClN4O. The maximum atomic E-state index is 5.87. The van der Waals surface area contributed by atoms with Gasteiger partial charge in [0.15, 0.2) is 0 Å². The molecule has 0 spiro atoms. The van der Waals surface area contributed by atoms with Gasteiger partial charge in [-0.3, -0.25) is 0 Å². The Balaban J connectivity index is 2.27. The maximum absolute atomic E-state index is 5.87. The van der Waals surface area contributed by atoms with Crippen molar-refractivity contribution in [3.05, 3.63) is 40.5 Å². The number of anilines is 2. The lowest BCUT2D eigenvalue weighted by Gasteiger charge is -2.18. The average molecular weight is 293 g/mol. The van der Waals surface area contributed by atoms with Gasteiger partial charge in [0.05, 0.1) is 13.2 Å². The highest BCUT2D eigenvalue weighted by molar-refractivity contribution is 6.29. The van der Waals surface area contributed by atoms with Gasteiger partial charge in [-0.15, -0.1) is 0 Å². The van der Waals surface area contributed by atoms with Gasteiger partial charge in [-0.2, -0.15) is 4.98 Å². The predicted octanol–water partition coefficient (Wildman–Crippen LogP) is 3.20. The molecule has 106 valence electrons. The van der Waals surface area contributed by atoms with E-state index in [4.69, 9.17) is 22.1 Å². The van der Waals surface area contributed by atoms with Crippen molar-refractivity contribution < 1.29 is 4.74 Å². The van der Waals surface area contributed by atoms with E-state index in [1.54, 1.807) is 13.2 Å². The summed E-state index contributed by atoms with van der Waals surface area (Å²) in [5, 5.41) is 3.55. The molecule has 1 heterocycles. The Bertz CT molecular complexity index is 598. The summed E-state index contributed by atoms with van der Waals surface area (Å²) >= 11 is 5.87. The number of aryl methyl sites for hydroxylation is 1. The van der Waals surface area contributed by atoms with Crippen molar-refractivity contribution in [3.8, 4) is 5.75 Å². The van der Waals surface area contributed by atoms with Crippen molar-refractivity contribution in [2.75, 3.05) is 18.2 Å². The Kier molecular flexibility index (Phi) is 4.29. The first kappa shape index (κ1) is 14.4. The predicted molar refractivity (Wildman–Crippen MR) is 81.2 cm³/mol. The number of aromatic nitrogens is 2. The van der Waals surface area contributed by atoms with Crippen molar-refractivity contribution in [1.82, 2.24) is 9.97 Å². The molecule has 0 aliphatic carbocycles. The van der Waals surface area contributed by atoms with Crippen LogP contribution in [0.1, 0.15) is 24.1 Å². The number of benzene rings is 1. The third-order valence-corrected chi connectivity index (χ3v) is 3.12. The Labute approximate surface area is 123 Å². The molecule has 5 nitrogen and oxygen atoms in total. The third kappa shape index (κ3) is 3.30. The fraction of sp³-hybridized carbons (Fsp3) is 0.286. The van der Waals surface area contributed by atoms with Gasteiger partial charge in [-0.25, -0.2) is 4.98 Å². The normalized spacial score (nSPS) is 12.0. The van der Waals surface area contributed by atoms with Gasteiger partial charge in [-0.1, -0.05) is 29.3 Å². The van der Waals surface area contributed by atoms with Gasteiger partial charge in [0.1, 0.15) is 16.7 Å². The van der Waals surface area contributed by atoms with Crippen LogP contribution in [0.15, 0.2) is 24.3 Å². The Morgan fingerprint density at radius 3 is 2.70 bits per heavy atom. The molecule has 2 rings (SSSR count). The van der Waals surface area contributed by atoms with E-state index in [1.807, 2.05) is 26.0 Å². The number of nitrogen functional groups attached to an aromatic ring is 1. The fourth-order valence-electron chi connectivity index (χ4n) is 2.00. The summed E-state index contributed by atoms with van der Waals surface area (Å²) in [4.78, 5) is 7.94. The van der Waals surface area contributed by atoms with Crippen LogP contribution in [-0.2, 0) is 0 Å². The monoisotopic (exact) mass is 292 g/mol. The second-order valence-corrected chi connectivity index (χ2v) is 4.93. The quantitative estimate of drug-likeness (QED) is 0.847. The first-order valence-electron chi connectivity index (χ1n) is 6.20. The zero-order chi connectivity index (χ0) is 14.7. The molecule has 0 amide bonds. The second-order valence-electron chi connectivity index (χ2n) is 4.55. The van der Waals surface area contributed by atoms with Gasteiger partial charge in [0.25, 0.3) is 0 Å². The van der Waals surface area contributed by atoms with E-state index < -0.39 is 0 Å². The number of hydrogen-bond donors (Lipinski definition) is 2. The smallest absolute Gasteiger partial charge is 0.223 e. The van der Waals surface area contributed by atoms with Crippen LogP contribution in [0.25, 0.3) is 0 Å². The highest BCUT2D eigenvalue weighted by Crippen LogP contribution is 2.28. The van der Waals surface area contributed by atoms with Crippen LogP contribution in [0.2, 0.25) is 5.15 Å². The second kappa shape index (κ2) is 5.96. The molecule has 0 fully saturated rings. The summed E-state index contributed by atoms with van der Waals surface area (Å²) in [6.07, 6.45) is 0. The van der Waals surface area contributed by atoms with E-state index in [0.29, 0.717) is 11.0 Å². The largest absolute Gasteiger partial charge is 0.496 e. The lowest BCUT2D eigenvalue weighted by Crippen LogP contribution is -2.10. The molecule has 0 saturated heterocycles. The minimum absolute atomic E-state index is 0.00443. The van der Waals surface area contributed by atoms with E-state index in [9.17, 15) is 0 Å². The van der Waals surface area contributed by atoms with Gasteiger partial charge in [0, 0.05) is 11.6 Å². The highest BCUT2D eigenvalue weighted by atomic mass is 35.5. The maximum Gasteiger partial charge on any atom is 0.223 e. The Morgan fingerprint density at radius 1 is 1.30 bits per heavy atom. The molecule has 2 aromatic rings. The minimum atomic E-state index is -0.00443. The molecule has 20 heavy (non-hydrogen) atoms. The van der Waals surface area contributed by atoms with Crippen LogP contribution in [0, 0.1) is 6.92 Å². The van der Waals surface area contributed by atoms with E-state index in [2.05, 4.69) is 21.4 Å². The number of rotatable bonds is 4. The highest BCUT2D eigenvalue weighted by Gasteiger charge is 2.13. The van der Waals surface area contributed by atoms with Crippen molar-refractivity contribution in [3.63, 3.8) is 0 Å². The number of hydrogen-bond acceptors (Lipinski definition) is 5. The molecule has 1 atom stereocenters. The number of nitrogens with zero attached hydrogens (tertiary/aromatic N) is 2. The number of methoxy groups -OCH3 is 1. The number of nitrogens with two attached hydrogens (primary N) is 1. The van der Waals surface area contributed by atoms with Crippen LogP contribution in [0.3, 0.4) is 0 Å². The zero-order valence-corrected chi connectivity index (χ0v) is 12.4. The molecule has 1 aromatic carbocycles. The van der Waals surface area contributed by atoms with Gasteiger partial charge in [-0.05, 0) is 19.9 Å². The SMILES string of the molecule is COc1ccc(C)cc1C(C)Nc1cc(Cl)nc(N)n1. The minimum Gasteiger partial charge on any atom is -0.496 e. The molecule has 0 bridgehead atoms. The van der Waals surface area contributed by atoms with Crippen molar-refractivity contribution in [2.45, 2.75) is 19.9 Å². The Hall–Kier alpha value is -2.01. The molecule has 0 saturated carbocycles. The topological polar surface area (TPSA) is 73.1 Å². The van der Waals surface area contributed by atoms with Crippen molar-refractivity contribution >= 4 is 23.4 Å². The van der Waals surface area contributed by atoms with Crippen LogP contribution < -0.4 is 15.8 Å². The van der Waals surface area contributed by atoms with Crippen LogP contribution in [0.5, 0.6) is 5.75 Å². The van der Waals surface area contributed by atoms with Crippen LogP contribution in [0.4, 0.5) is 11.8 Å². The number of halogens is 1. The summed E-state index contributed by atoms with van der Waals surface area (Å²) in [6.45, 7) is 4.05. The summed E-state index contributed by atoms with van der Waals surface area (Å²) in [6, 6.07) is 7.66. The summed E-state index contributed by atoms with van der Waals surface area (Å²) in [5.41, 5.74) is 7.79. The third-order valence-electron chi connectivity index (χ3n) is 2.93. The first-order chi connectivity index (χ1) is 9.49. The van der Waals surface area contributed by atoms with Gasteiger partial charge < -0.3 is 15.8 Å². The molecule has 0 aliphatic rings. The van der Waals surface area contributed by atoms with Gasteiger partial charge >= 0.3 is 0 Å². The molecule has 0 radical (unpaired) electrons. The molecular weight excluding hydrogens is 276 g/mol. The van der Waals surface area contributed by atoms with Gasteiger partial charge in [0.2, 0.25) is 5.95 Å². The van der Waals surface area contributed by atoms with Crippen LogP contribution >= 0.6 is 11.6 Å². The standard InChI is InChI=1S/C14H17ClN4O/c1-8-4-5-11(20-3)10(6-8)9(2)17-13-7-12(15)18-14(16)19-13/h4-7,9H,1-3H3,(H3,16,17,18,19). The first-order valence-corrected chi connectivity index (χ1v) is 6.58. The summed E-state index contributed by atoms with van der Waals surface area (Å²) in [7, 11) is 1.65. The van der Waals surface area contributed by atoms with E-state index in [-0.39, 0.29) is 12.0 Å². The lowest BCUT2D eigenvalue weighted by molar-refractivity contribution is 0.408. The van der Waals surface area contributed by atoms with E-state index >= 15 is 0 Å². The fourth-order valence-corrected chi connectivity index (χ4v) is 2.19. The molecule has 1 aromatic heterocycles. The molecule has 6 heteroatoms. The zero-order valence-electron chi connectivity index (χ0n) is 11.6. The summed E-state index contributed by atoms with van der Waals surface area (Å²) in [5.74, 6) is 1.55. The lowest BCUT2D eigenvalue weighted by atomic mass is 10.0. The van der Waals surface area contributed by atoms with E-state index in [0.717, 1.165) is 16.9 Å². The van der Waals surface area contributed by atoms with Crippen molar-refractivity contribution in [1.29, 1.82) is 0 Å². The summed E-state index contributed by atoms with van der Waals surface area (Å²) < 4.78 is 5.38. The number of ether oxygens (including phenoxy) is 1. The Morgan fingerprint density at radius 2 is 2.05 bits per heavy atom. The van der Waals surface area contributed by atoms with E-state index in [1.165, 1.54) is 0 Å². The molecule has 3 N–H and O–H groups in total. The van der Waals surface area contributed by atoms with Crippen LogP contribution in [-0.4, -0.2) is 17.1 Å². The molecule has 0 aliphatic heterocycles. The average Bonchev–Trinajstić information content (AvgIpc) is 2.37. The number of nitrogens with one attached hydrogen (secondary N) is 1. The van der Waals surface area contributed by atoms with Crippen molar-refractivity contribution in [2.24, 2.45) is 0 Å².